The maximum Gasteiger partial charge on any atom is 0.211 e. The molecule has 22 heavy (non-hydrogen) atoms. The average Bonchev–Trinajstić information content (AvgIpc) is 2.45. The highest BCUT2D eigenvalue weighted by atomic mass is 15.3. The van der Waals surface area contributed by atoms with Gasteiger partial charge in [-0.1, -0.05) is 17.7 Å². The second-order valence-electron chi connectivity index (χ2n) is 5.99. The van der Waals surface area contributed by atoms with E-state index in [1.54, 1.807) is 6.21 Å². The van der Waals surface area contributed by atoms with Crippen molar-refractivity contribution in [2.45, 2.75) is 20.4 Å². The van der Waals surface area contributed by atoms with Crippen molar-refractivity contribution in [3.05, 3.63) is 34.4 Å². The Hall–Kier alpha value is -1.92. The number of hydrogen-bond donors (Lipinski definition) is 2. The largest absolute Gasteiger partial charge is 0.369 e. The summed E-state index contributed by atoms with van der Waals surface area (Å²) in [6.45, 7) is 9.69. The van der Waals surface area contributed by atoms with Crippen molar-refractivity contribution in [2.75, 3.05) is 33.2 Å². The summed E-state index contributed by atoms with van der Waals surface area (Å²) in [5.74, 6) is -0.0285. The zero-order valence-electron chi connectivity index (χ0n) is 13.7. The maximum atomic E-state index is 5.29. The quantitative estimate of drug-likeness (QED) is 0.486. The molecule has 1 aromatic carbocycles. The van der Waals surface area contributed by atoms with E-state index in [0.717, 1.165) is 38.3 Å². The zero-order chi connectivity index (χ0) is 16.1. The minimum atomic E-state index is -0.0285. The van der Waals surface area contributed by atoms with Crippen molar-refractivity contribution in [3.63, 3.8) is 0 Å². The summed E-state index contributed by atoms with van der Waals surface area (Å²) in [4.78, 5) is 4.87. The van der Waals surface area contributed by atoms with E-state index in [-0.39, 0.29) is 5.96 Å². The first-order valence-electron chi connectivity index (χ1n) is 7.58. The Morgan fingerprint density at radius 3 is 2.50 bits per heavy atom. The van der Waals surface area contributed by atoms with Gasteiger partial charge in [-0.15, -0.1) is 5.10 Å². The number of aryl methyl sites for hydroxylation is 1. The number of nitrogens with two attached hydrogens (primary N) is 2. The molecule has 0 saturated carbocycles. The Morgan fingerprint density at radius 1 is 1.18 bits per heavy atom. The summed E-state index contributed by atoms with van der Waals surface area (Å²) in [6.07, 6.45) is 1.72. The van der Waals surface area contributed by atoms with Gasteiger partial charge in [0.1, 0.15) is 0 Å². The minimum absolute atomic E-state index is 0.0285. The molecule has 0 unspecified atom stereocenters. The van der Waals surface area contributed by atoms with Crippen molar-refractivity contribution in [3.8, 4) is 0 Å². The van der Waals surface area contributed by atoms with Crippen LogP contribution in [-0.2, 0) is 6.54 Å². The summed E-state index contributed by atoms with van der Waals surface area (Å²) >= 11 is 0. The lowest BCUT2D eigenvalue weighted by molar-refractivity contribution is 0.148. The van der Waals surface area contributed by atoms with Crippen LogP contribution >= 0.6 is 0 Å². The molecule has 6 nitrogen and oxygen atoms in total. The summed E-state index contributed by atoms with van der Waals surface area (Å²) in [5, 5.41) is 7.60. The lowest BCUT2D eigenvalue weighted by Gasteiger charge is -2.32. The third-order valence-corrected chi connectivity index (χ3v) is 4.06. The number of rotatable bonds is 4. The number of piperazine rings is 1. The van der Waals surface area contributed by atoms with E-state index in [0.29, 0.717) is 0 Å². The predicted molar refractivity (Wildman–Crippen MR) is 92.1 cm³/mol. The number of nitrogens with zero attached hydrogens (tertiary/aromatic N) is 4. The number of hydrogen-bond acceptors (Lipinski definition) is 4. The van der Waals surface area contributed by atoms with E-state index in [1.165, 1.54) is 16.7 Å². The van der Waals surface area contributed by atoms with Gasteiger partial charge in [-0.2, -0.15) is 5.10 Å². The summed E-state index contributed by atoms with van der Waals surface area (Å²) < 4.78 is 0. The summed E-state index contributed by atoms with van der Waals surface area (Å²) in [7, 11) is 2.17. The molecule has 4 N–H and O–H groups in total. The first kappa shape index (κ1) is 16.5. The van der Waals surface area contributed by atoms with Gasteiger partial charge in [0.15, 0.2) is 0 Å². The Morgan fingerprint density at radius 2 is 1.86 bits per heavy atom. The van der Waals surface area contributed by atoms with E-state index < -0.39 is 0 Å². The van der Waals surface area contributed by atoms with Gasteiger partial charge >= 0.3 is 0 Å². The molecule has 0 aromatic heterocycles. The first-order valence-corrected chi connectivity index (χ1v) is 7.58. The third kappa shape index (κ3) is 4.54. The molecule has 0 spiro atoms. The zero-order valence-corrected chi connectivity index (χ0v) is 13.7. The van der Waals surface area contributed by atoms with Gasteiger partial charge in [0.05, 0.1) is 6.21 Å². The van der Waals surface area contributed by atoms with E-state index in [2.05, 4.69) is 53.0 Å². The Kier molecular flexibility index (Phi) is 5.51. The van der Waals surface area contributed by atoms with E-state index >= 15 is 0 Å². The van der Waals surface area contributed by atoms with Crippen LogP contribution in [0.2, 0.25) is 0 Å². The minimum Gasteiger partial charge on any atom is -0.369 e. The SMILES string of the molecule is Cc1cc(C=NN=C(N)N)c(C)c(CN2CCN(C)CC2)c1. The van der Waals surface area contributed by atoms with E-state index in [9.17, 15) is 0 Å². The van der Waals surface area contributed by atoms with Gasteiger partial charge in [-0.3, -0.25) is 4.90 Å². The van der Waals surface area contributed by atoms with Crippen LogP contribution in [-0.4, -0.2) is 55.2 Å². The fraction of sp³-hybridized carbons (Fsp3) is 0.500. The first-order chi connectivity index (χ1) is 10.5. The molecule has 1 aliphatic rings. The highest BCUT2D eigenvalue weighted by Crippen LogP contribution is 2.18. The molecule has 120 valence electrons. The van der Waals surface area contributed by atoms with Crippen molar-refractivity contribution < 1.29 is 0 Å². The van der Waals surface area contributed by atoms with E-state index in [4.69, 9.17) is 11.5 Å². The highest BCUT2D eigenvalue weighted by molar-refractivity contribution is 5.83. The Balaban J connectivity index is 2.16. The van der Waals surface area contributed by atoms with Crippen molar-refractivity contribution >= 4 is 12.2 Å². The Labute approximate surface area is 132 Å². The van der Waals surface area contributed by atoms with Crippen LogP contribution in [0.15, 0.2) is 22.3 Å². The standard InChI is InChI=1S/C16H26N6/c1-12-8-14(10-19-20-16(17)18)13(2)15(9-12)11-22-6-4-21(3)5-7-22/h8-10H,4-7,11H2,1-3H3,(H4,17,18,20). The third-order valence-electron chi connectivity index (χ3n) is 4.06. The smallest absolute Gasteiger partial charge is 0.211 e. The van der Waals surface area contributed by atoms with Gasteiger partial charge < -0.3 is 16.4 Å². The topological polar surface area (TPSA) is 83.2 Å². The molecular formula is C16H26N6. The van der Waals surface area contributed by atoms with Crippen LogP contribution in [0.1, 0.15) is 22.3 Å². The van der Waals surface area contributed by atoms with E-state index in [1.807, 2.05) is 0 Å². The van der Waals surface area contributed by atoms with Gasteiger partial charge in [-0.25, -0.2) is 0 Å². The maximum absolute atomic E-state index is 5.29. The average molecular weight is 302 g/mol. The highest BCUT2D eigenvalue weighted by Gasteiger charge is 2.15. The summed E-state index contributed by atoms with van der Waals surface area (Å²) in [6, 6.07) is 4.36. The molecule has 1 saturated heterocycles. The van der Waals surface area contributed by atoms with Gasteiger partial charge in [0.2, 0.25) is 5.96 Å². The molecule has 0 aliphatic carbocycles. The second-order valence-corrected chi connectivity index (χ2v) is 5.99. The normalized spacial score (nSPS) is 17.0. The molecule has 0 radical (unpaired) electrons. The molecule has 0 bridgehead atoms. The molecule has 2 rings (SSSR count). The molecular weight excluding hydrogens is 276 g/mol. The molecule has 6 heteroatoms. The molecule has 1 heterocycles. The second kappa shape index (κ2) is 7.38. The lowest BCUT2D eigenvalue weighted by Crippen LogP contribution is -2.44. The van der Waals surface area contributed by atoms with Gasteiger partial charge in [0.25, 0.3) is 0 Å². The van der Waals surface area contributed by atoms with Crippen LogP contribution < -0.4 is 11.5 Å². The van der Waals surface area contributed by atoms with Crippen LogP contribution in [0.4, 0.5) is 0 Å². The van der Waals surface area contributed by atoms with Crippen LogP contribution in [0.25, 0.3) is 0 Å². The summed E-state index contributed by atoms with van der Waals surface area (Å²) in [5.41, 5.74) is 15.5. The van der Waals surface area contributed by atoms with Crippen molar-refractivity contribution in [1.29, 1.82) is 0 Å². The molecule has 1 aliphatic heterocycles. The predicted octanol–water partition coefficient (Wildman–Crippen LogP) is 0.658. The van der Waals surface area contributed by atoms with Crippen LogP contribution in [0, 0.1) is 13.8 Å². The Bertz CT molecular complexity index is 566. The van der Waals surface area contributed by atoms with Crippen LogP contribution in [0.5, 0.6) is 0 Å². The molecule has 0 amide bonds. The van der Waals surface area contributed by atoms with Gasteiger partial charge in [-0.05, 0) is 37.6 Å². The number of benzene rings is 1. The monoisotopic (exact) mass is 302 g/mol. The molecule has 1 aromatic rings. The number of likely N-dealkylation sites (N-methyl/N-ethyl adjacent to an activating group) is 1. The van der Waals surface area contributed by atoms with Crippen molar-refractivity contribution in [2.24, 2.45) is 21.7 Å². The fourth-order valence-corrected chi connectivity index (χ4v) is 2.67. The van der Waals surface area contributed by atoms with Crippen LogP contribution in [0.3, 0.4) is 0 Å². The lowest BCUT2D eigenvalue weighted by atomic mass is 9.99. The molecule has 0 atom stereocenters. The fourth-order valence-electron chi connectivity index (χ4n) is 2.67. The van der Waals surface area contributed by atoms with Crippen molar-refractivity contribution in [1.82, 2.24) is 9.80 Å². The molecule has 1 fully saturated rings. The van der Waals surface area contributed by atoms with Gasteiger partial charge in [0, 0.05) is 32.7 Å². The number of guanidine groups is 1.